The summed E-state index contributed by atoms with van der Waals surface area (Å²) in [5.74, 6) is 0.800. The second-order valence-corrected chi connectivity index (χ2v) is 6.05. The van der Waals surface area contributed by atoms with Crippen molar-refractivity contribution < 1.29 is 9.53 Å². The summed E-state index contributed by atoms with van der Waals surface area (Å²) in [7, 11) is 0. The first-order chi connectivity index (χ1) is 10.5. The van der Waals surface area contributed by atoms with E-state index >= 15 is 0 Å². The zero-order chi connectivity index (χ0) is 16.1. The van der Waals surface area contributed by atoms with Crippen LogP contribution < -0.4 is 15.8 Å². The lowest BCUT2D eigenvalue weighted by atomic mass is 10.2. The Hall–Kier alpha value is -1.30. The van der Waals surface area contributed by atoms with Crippen molar-refractivity contribution in [2.75, 3.05) is 18.5 Å². The highest BCUT2D eigenvalue weighted by Gasteiger charge is 2.34. The molecule has 5 nitrogen and oxygen atoms in total. The number of carbonyl (C=O) groups is 1. The van der Waals surface area contributed by atoms with E-state index in [4.69, 9.17) is 10.5 Å². The maximum atomic E-state index is 12.4. The van der Waals surface area contributed by atoms with Gasteiger partial charge in [-0.05, 0) is 57.9 Å². The molecule has 6 heteroatoms. The fourth-order valence-corrected chi connectivity index (χ4v) is 3.17. The van der Waals surface area contributed by atoms with Crippen LogP contribution in [0.1, 0.15) is 33.6 Å². The molecule has 3 N–H and O–H groups in total. The Balaban J connectivity index is 0.00000264. The summed E-state index contributed by atoms with van der Waals surface area (Å²) in [5.41, 5.74) is 6.19. The summed E-state index contributed by atoms with van der Waals surface area (Å²) >= 11 is 0. The molecule has 1 amide bonds. The minimum absolute atomic E-state index is 0. The molecule has 0 radical (unpaired) electrons. The molecular weight excluding hydrogens is 314 g/mol. The van der Waals surface area contributed by atoms with E-state index in [-0.39, 0.29) is 24.4 Å². The number of benzene rings is 1. The van der Waals surface area contributed by atoms with Crippen LogP contribution in [0.4, 0.5) is 5.69 Å². The summed E-state index contributed by atoms with van der Waals surface area (Å²) in [6.45, 7) is 7.34. The van der Waals surface area contributed by atoms with E-state index in [2.05, 4.69) is 24.1 Å². The molecule has 1 aromatic rings. The number of nitrogens with one attached hydrogen (secondary N) is 1. The topological polar surface area (TPSA) is 67.6 Å². The predicted molar refractivity (Wildman–Crippen MR) is 96.3 cm³/mol. The second-order valence-electron chi connectivity index (χ2n) is 6.05. The molecule has 0 spiro atoms. The van der Waals surface area contributed by atoms with Gasteiger partial charge in [0, 0.05) is 24.3 Å². The number of hydrogen-bond acceptors (Lipinski definition) is 4. The Morgan fingerprint density at radius 1 is 1.30 bits per heavy atom. The first kappa shape index (κ1) is 19.7. The molecule has 1 aliphatic rings. The Kier molecular flexibility index (Phi) is 7.82. The van der Waals surface area contributed by atoms with Crippen LogP contribution in [0.5, 0.6) is 5.75 Å². The van der Waals surface area contributed by atoms with E-state index in [0.717, 1.165) is 24.3 Å². The average Bonchev–Trinajstić information content (AvgIpc) is 2.85. The van der Waals surface area contributed by atoms with Gasteiger partial charge >= 0.3 is 0 Å². The van der Waals surface area contributed by atoms with Gasteiger partial charge < -0.3 is 15.8 Å². The van der Waals surface area contributed by atoms with Gasteiger partial charge in [-0.1, -0.05) is 0 Å². The third-order valence-corrected chi connectivity index (χ3v) is 4.36. The minimum Gasteiger partial charge on any atom is -0.492 e. The first-order valence-electron chi connectivity index (χ1n) is 8.04. The van der Waals surface area contributed by atoms with Crippen molar-refractivity contribution in [3.05, 3.63) is 24.3 Å². The molecule has 130 valence electrons. The van der Waals surface area contributed by atoms with Crippen molar-refractivity contribution in [1.82, 2.24) is 4.90 Å². The number of halogens is 1. The Labute approximate surface area is 145 Å². The summed E-state index contributed by atoms with van der Waals surface area (Å²) in [5, 5.41) is 2.98. The van der Waals surface area contributed by atoms with Crippen LogP contribution >= 0.6 is 12.4 Å². The van der Waals surface area contributed by atoms with Gasteiger partial charge in [0.15, 0.2) is 0 Å². The highest BCUT2D eigenvalue weighted by molar-refractivity contribution is 5.94. The third-order valence-electron chi connectivity index (χ3n) is 4.36. The molecule has 1 aliphatic heterocycles. The maximum Gasteiger partial charge on any atom is 0.241 e. The van der Waals surface area contributed by atoms with Gasteiger partial charge in [-0.15, -0.1) is 12.4 Å². The predicted octanol–water partition coefficient (Wildman–Crippen LogP) is 2.65. The molecule has 0 saturated carbocycles. The third kappa shape index (κ3) is 5.09. The highest BCUT2D eigenvalue weighted by Crippen LogP contribution is 2.26. The number of nitrogens with zero attached hydrogens (tertiary/aromatic N) is 1. The molecule has 0 aromatic heterocycles. The van der Waals surface area contributed by atoms with Crippen molar-refractivity contribution in [3.8, 4) is 5.75 Å². The molecule has 3 unspecified atom stereocenters. The monoisotopic (exact) mass is 341 g/mol. The van der Waals surface area contributed by atoms with E-state index in [1.165, 1.54) is 0 Å². The molecule has 1 heterocycles. The van der Waals surface area contributed by atoms with Crippen LogP contribution in [0.25, 0.3) is 0 Å². The molecular formula is C17H28ClN3O2. The Morgan fingerprint density at radius 3 is 2.39 bits per heavy atom. The summed E-state index contributed by atoms with van der Waals surface area (Å²) in [6.07, 6.45) is 2.32. The lowest BCUT2D eigenvalue weighted by molar-refractivity contribution is -0.121. The van der Waals surface area contributed by atoms with E-state index in [0.29, 0.717) is 25.2 Å². The van der Waals surface area contributed by atoms with Crippen LogP contribution in [0.3, 0.4) is 0 Å². The van der Waals surface area contributed by atoms with Crippen LogP contribution in [0.2, 0.25) is 0 Å². The molecule has 2 rings (SSSR count). The molecule has 0 bridgehead atoms. The molecule has 23 heavy (non-hydrogen) atoms. The van der Waals surface area contributed by atoms with Crippen LogP contribution in [0.15, 0.2) is 24.3 Å². The lowest BCUT2D eigenvalue weighted by Crippen LogP contribution is -2.46. The number of carbonyl (C=O) groups excluding carboxylic acids is 1. The highest BCUT2D eigenvalue weighted by atomic mass is 35.5. The standard InChI is InChI=1S/C17H27N3O2.ClH/c1-12-4-5-13(2)20(12)14(3)17(21)19-15-6-8-16(9-7-15)22-11-10-18;/h6-9,12-14H,4-5,10-11,18H2,1-3H3,(H,19,21);1H. The van der Waals surface area contributed by atoms with Gasteiger partial charge in [0.2, 0.25) is 5.91 Å². The average molecular weight is 342 g/mol. The second kappa shape index (κ2) is 9.11. The number of amides is 1. The fourth-order valence-electron chi connectivity index (χ4n) is 3.17. The van der Waals surface area contributed by atoms with E-state index < -0.39 is 0 Å². The number of ether oxygens (including phenoxy) is 1. The van der Waals surface area contributed by atoms with Gasteiger partial charge in [-0.2, -0.15) is 0 Å². The smallest absolute Gasteiger partial charge is 0.241 e. The first-order valence-corrected chi connectivity index (χ1v) is 8.04. The normalized spacial score (nSPS) is 22.3. The Morgan fingerprint density at radius 2 is 1.87 bits per heavy atom. The minimum atomic E-state index is -0.124. The van der Waals surface area contributed by atoms with E-state index in [9.17, 15) is 4.79 Å². The van der Waals surface area contributed by atoms with Crippen LogP contribution in [0, 0.1) is 0 Å². The number of nitrogens with two attached hydrogens (primary N) is 1. The van der Waals surface area contributed by atoms with Gasteiger partial charge in [-0.3, -0.25) is 9.69 Å². The number of likely N-dealkylation sites (tertiary alicyclic amines) is 1. The summed E-state index contributed by atoms with van der Waals surface area (Å²) < 4.78 is 5.43. The molecule has 1 aromatic carbocycles. The van der Waals surface area contributed by atoms with Crippen molar-refractivity contribution in [2.24, 2.45) is 5.73 Å². The van der Waals surface area contributed by atoms with Gasteiger partial charge in [-0.25, -0.2) is 0 Å². The lowest BCUT2D eigenvalue weighted by Gasteiger charge is -2.31. The van der Waals surface area contributed by atoms with Crippen molar-refractivity contribution >= 4 is 24.0 Å². The number of anilines is 1. The Bertz CT molecular complexity index is 485. The zero-order valence-corrected chi connectivity index (χ0v) is 14.9. The fraction of sp³-hybridized carbons (Fsp3) is 0.588. The molecule has 1 fully saturated rings. The number of hydrogen-bond donors (Lipinski definition) is 2. The number of rotatable bonds is 6. The summed E-state index contributed by atoms with van der Waals surface area (Å²) in [6, 6.07) is 8.19. The van der Waals surface area contributed by atoms with Gasteiger partial charge in [0.25, 0.3) is 0 Å². The zero-order valence-electron chi connectivity index (χ0n) is 14.1. The largest absolute Gasteiger partial charge is 0.492 e. The maximum absolute atomic E-state index is 12.4. The van der Waals surface area contributed by atoms with Crippen molar-refractivity contribution in [2.45, 2.75) is 51.7 Å². The SMILES string of the molecule is CC1CCC(C)N1C(C)C(=O)Nc1ccc(OCCN)cc1.Cl. The summed E-state index contributed by atoms with van der Waals surface area (Å²) in [4.78, 5) is 14.7. The van der Waals surface area contributed by atoms with Gasteiger partial charge in [0.05, 0.1) is 6.04 Å². The van der Waals surface area contributed by atoms with Crippen molar-refractivity contribution in [1.29, 1.82) is 0 Å². The molecule has 3 atom stereocenters. The molecule has 1 saturated heterocycles. The van der Waals surface area contributed by atoms with Crippen LogP contribution in [-0.2, 0) is 4.79 Å². The van der Waals surface area contributed by atoms with Gasteiger partial charge in [0.1, 0.15) is 12.4 Å². The van der Waals surface area contributed by atoms with Crippen LogP contribution in [-0.4, -0.2) is 42.1 Å². The van der Waals surface area contributed by atoms with E-state index in [1.54, 1.807) is 0 Å². The van der Waals surface area contributed by atoms with Crippen molar-refractivity contribution in [3.63, 3.8) is 0 Å². The quantitative estimate of drug-likeness (QED) is 0.834. The van der Waals surface area contributed by atoms with E-state index in [1.807, 2.05) is 31.2 Å². The molecule has 0 aliphatic carbocycles.